The van der Waals surface area contributed by atoms with Gasteiger partial charge >= 0.3 is 0 Å². The van der Waals surface area contributed by atoms with Crippen LogP contribution in [0, 0.1) is 5.82 Å². The molecule has 4 rings (SSSR count). The highest BCUT2D eigenvalue weighted by Gasteiger charge is 2.14. The van der Waals surface area contributed by atoms with Crippen LogP contribution in [0.15, 0.2) is 54.9 Å². The molecular weight excluding hydrogens is 317 g/mol. The van der Waals surface area contributed by atoms with Crippen molar-refractivity contribution < 1.29 is 4.39 Å². The molecule has 0 atom stereocenters. The Morgan fingerprint density at radius 2 is 2.00 bits per heavy atom. The molecule has 0 radical (unpaired) electrons. The molecule has 5 nitrogen and oxygen atoms in total. The Bertz CT molecular complexity index is 1020. The average Bonchev–Trinajstić information content (AvgIpc) is 3.21. The molecule has 1 aromatic carbocycles. The van der Waals surface area contributed by atoms with Gasteiger partial charge in [0.2, 0.25) is 0 Å². The van der Waals surface area contributed by atoms with Gasteiger partial charge in [-0.25, -0.2) is 19.0 Å². The van der Waals surface area contributed by atoms with E-state index in [2.05, 4.69) is 21.6 Å². The van der Waals surface area contributed by atoms with Crippen molar-refractivity contribution >= 4 is 11.2 Å². The van der Waals surface area contributed by atoms with Gasteiger partial charge in [-0.2, -0.15) is 5.10 Å². The summed E-state index contributed by atoms with van der Waals surface area (Å²) in [7, 11) is 0. The van der Waals surface area contributed by atoms with E-state index in [0.29, 0.717) is 12.1 Å². The van der Waals surface area contributed by atoms with E-state index in [1.54, 1.807) is 23.1 Å². The van der Waals surface area contributed by atoms with Gasteiger partial charge in [0, 0.05) is 25.4 Å². The van der Waals surface area contributed by atoms with Crippen LogP contribution in [0.4, 0.5) is 4.39 Å². The van der Waals surface area contributed by atoms with Crippen LogP contribution in [0.3, 0.4) is 0 Å². The first kappa shape index (κ1) is 15.5. The Kier molecular flexibility index (Phi) is 4.01. The largest absolute Gasteiger partial charge is 0.312 e. The molecule has 3 aromatic heterocycles. The van der Waals surface area contributed by atoms with Gasteiger partial charge in [0.25, 0.3) is 0 Å². The molecule has 0 unspecified atom stereocenters. The van der Waals surface area contributed by atoms with Crippen molar-refractivity contribution in [2.75, 3.05) is 0 Å². The Morgan fingerprint density at radius 3 is 2.84 bits per heavy atom. The molecule has 0 saturated heterocycles. The molecule has 0 saturated carbocycles. The topological polar surface area (TPSA) is 48.5 Å². The maximum atomic E-state index is 13.6. The van der Waals surface area contributed by atoms with E-state index in [4.69, 9.17) is 4.98 Å². The van der Waals surface area contributed by atoms with Crippen molar-refractivity contribution in [3.63, 3.8) is 0 Å². The Balaban J connectivity index is 1.76. The van der Waals surface area contributed by atoms with E-state index in [-0.39, 0.29) is 5.82 Å². The van der Waals surface area contributed by atoms with Gasteiger partial charge in [0.1, 0.15) is 17.2 Å². The Morgan fingerprint density at radius 1 is 1.08 bits per heavy atom. The van der Waals surface area contributed by atoms with Crippen LogP contribution in [0.2, 0.25) is 0 Å². The number of fused-ring (bicyclic) bond motifs is 1. The Hall–Kier alpha value is -3.02. The van der Waals surface area contributed by atoms with E-state index in [0.717, 1.165) is 35.6 Å². The second-order valence-corrected chi connectivity index (χ2v) is 5.92. The number of halogens is 1. The fraction of sp³-hybridized carbons (Fsp3) is 0.211. The zero-order valence-electron chi connectivity index (χ0n) is 13.9. The molecule has 0 bridgehead atoms. The van der Waals surface area contributed by atoms with Crippen LogP contribution >= 0.6 is 0 Å². The van der Waals surface area contributed by atoms with E-state index in [1.807, 2.05) is 24.3 Å². The predicted octanol–water partition coefficient (Wildman–Crippen LogP) is 3.76. The highest BCUT2D eigenvalue weighted by Crippen LogP contribution is 2.19. The van der Waals surface area contributed by atoms with E-state index >= 15 is 0 Å². The molecule has 0 fully saturated rings. The van der Waals surface area contributed by atoms with Gasteiger partial charge in [-0.3, -0.25) is 0 Å². The van der Waals surface area contributed by atoms with Crippen molar-refractivity contribution in [1.29, 1.82) is 0 Å². The fourth-order valence-electron chi connectivity index (χ4n) is 3.07. The minimum absolute atomic E-state index is 0.277. The van der Waals surface area contributed by atoms with Crippen LogP contribution in [-0.4, -0.2) is 24.3 Å². The predicted molar refractivity (Wildman–Crippen MR) is 94.1 cm³/mol. The lowest BCUT2D eigenvalue weighted by molar-refractivity contribution is 0.624. The number of hydrogen-bond donors (Lipinski definition) is 0. The smallest absolute Gasteiger partial charge is 0.159 e. The summed E-state index contributed by atoms with van der Waals surface area (Å²) in [4.78, 5) is 9.21. The summed E-state index contributed by atoms with van der Waals surface area (Å²) in [6.45, 7) is 2.99. The number of nitrogens with zero attached hydrogens (tertiary/aromatic N) is 5. The summed E-state index contributed by atoms with van der Waals surface area (Å²) in [5.41, 5.74) is 3.45. The van der Waals surface area contributed by atoms with Gasteiger partial charge < -0.3 is 4.57 Å². The van der Waals surface area contributed by atoms with Crippen molar-refractivity contribution in [2.45, 2.75) is 26.3 Å². The molecule has 4 aromatic rings. The van der Waals surface area contributed by atoms with Gasteiger partial charge in [-0.05, 0) is 42.8 Å². The third kappa shape index (κ3) is 2.91. The van der Waals surface area contributed by atoms with Gasteiger partial charge in [-0.1, -0.05) is 13.0 Å². The van der Waals surface area contributed by atoms with Crippen LogP contribution in [-0.2, 0) is 13.0 Å². The van der Waals surface area contributed by atoms with E-state index in [1.165, 1.54) is 12.1 Å². The molecule has 0 aliphatic heterocycles. The van der Waals surface area contributed by atoms with Crippen molar-refractivity contribution in [1.82, 2.24) is 24.3 Å². The fourth-order valence-corrected chi connectivity index (χ4v) is 3.07. The number of pyridine rings is 1. The lowest BCUT2D eigenvalue weighted by Crippen LogP contribution is -2.09. The second-order valence-electron chi connectivity index (χ2n) is 5.92. The number of aromatic nitrogens is 5. The highest BCUT2D eigenvalue weighted by molar-refractivity contribution is 5.71. The summed E-state index contributed by atoms with van der Waals surface area (Å²) in [5.74, 6) is 0.662. The van der Waals surface area contributed by atoms with Crippen LogP contribution in [0.5, 0.6) is 0 Å². The molecule has 25 heavy (non-hydrogen) atoms. The third-order valence-electron chi connectivity index (χ3n) is 4.14. The number of benzene rings is 1. The zero-order valence-corrected chi connectivity index (χ0v) is 13.9. The average molecular weight is 335 g/mol. The summed E-state index contributed by atoms with van der Waals surface area (Å²) >= 11 is 0. The van der Waals surface area contributed by atoms with Crippen LogP contribution < -0.4 is 0 Å². The van der Waals surface area contributed by atoms with Crippen LogP contribution in [0.1, 0.15) is 24.9 Å². The van der Waals surface area contributed by atoms with Gasteiger partial charge in [0.15, 0.2) is 5.65 Å². The monoisotopic (exact) mass is 335 g/mol. The molecule has 126 valence electrons. The maximum Gasteiger partial charge on any atom is 0.159 e. The molecule has 0 aliphatic rings. The summed E-state index contributed by atoms with van der Waals surface area (Å²) < 4.78 is 17.5. The SMILES string of the molecule is CCCn1c(Cc2ccnn2-c2cccc(F)c2)nc2cccnc21. The zero-order chi connectivity index (χ0) is 17.2. The molecule has 0 N–H and O–H groups in total. The van der Waals surface area contributed by atoms with Crippen LogP contribution in [0.25, 0.3) is 16.9 Å². The molecule has 3 heterocycles. The molecule has 6 heteroatoms. The summed E-state index contributed by atoms with van der Waals surface area (Å²) in [6, 6.07) is 12.2. The van der Waals surface area contributed by atoms with Gasteiger partial charge in [-0.15, -0.1) is 0 Å². The lowest BCUT2D eigenvalue weighted by atomic mass is 10.2. The number of imidazole rings is 1. The highest BCUT2D eigenvalue weighted by atomic mass is 19.1. The molecular formula is C19H18FN5. The minimum Gasteiger partial charge on any atom is -0.312 e. The number of rotatable bonds is 5. The Labute approximate surface area is 144 Å². The maximum absolute atomic E-state index is 13.6. The molecule has 0 spiro atoms. The number of hydrogen-bond acceptors (Lipinski definition) is 3. The third-order valence-corrected chi connectivity index (χ3v) is 4.14. The quantitative estimate of drug-likeness (QED) is 0.558. The van der Waals surface area contributed by atoms with Crippen molar-refractivity contribution in [3.8, 4) is 5.69 Å². The minimum atomic E-state index is -0.277. The normalized spacial score (nSPS) is 11.3. The number of aryl methyl sites for hydroxylation is 1. The summed E-state index contributed by atoms with van der Waals surface area (Å²) in [5, 5.41) is 4.35. The first-order valence-electron chi connectivity index (χ1n) is 8.35. The molecule has 0 amide bonds. The van der Waals surface area contributed by atoms with Crippen molar-refractivity contribution in [3.05, 3.63) is 72.2 Å². The van der Waals surface area contributed by atoms with E-state index in [9.17, 15) is 4.39 Å². The first-order valence-corrected chi connectivity index (χ1v) is 8.35. The second kappa shape index (κ2) is 6.47. The summed E-state index contributed by atoms with van der Waals surface area (Å²) in [6.07, 6.45) is 5.12. The van der Waals surface area contributed by atoms with Crippen molar-refractivity contribution in [2.24, 2.45) is 0 Å². The first-order chi connectivity index (χ1) is 12.3. The lowest BCUT2D eigenvalue weighted by Gasteiger charge is -2.09. The molecule has 0 aliphatic carbocycles. The standard InChI is InChI=1S/C19H18FN5/c1-2-11-24-18(23-17-7-4-9-21-19(17)24)13-16-8-10-22-25(16)15-6-3-5-14(20)12-15/h3-10,12H,2,11,13H2,1H3. The van der Waals surface area contributed by atoms with Gasteiger partial charge in [0.05, 0.1) is 11.4 Å². The van der Waals surface area contributed by atoms with E-state index < -0.39 is 0 Å².